The van der Waals surface area contributed by atoms with Gasteiger partial charge in [-0.2, -0.15) is 0 Å². The Balaban J connectivity index is 1.74. The van der Waals surface area contributed by atoms with Crippen molar-refractivity contribution in [2.24, 2.45) is 5.92 Å². The minimum Gasteiger partial charge on any atom is -0.448 e. The molecule has 2 aliphatic rings. The van der Waals surface area contributed by atoms with Gasteiger partial charge in [-0.1, -0.05) is 6.92 Å². The summed E-state index contributed by atoms with van der Waals surface area (Å²) in [6.45, 7) is 4.08. The van der Waals surface area contributed by atoms with Crippen LogP contribution in [0.2, 0.25) is 5.22 Å². The van der Waals surface area contributed by atoms with Crippen molar-refractivity contribution in [2.45, 2.75) is 57.1 Å². The van der Waals surface area contributed by atoms with Gasteiger partial charge in [0.15, 0.2) is 5.22 Å². The minimum atomic E-state index is 0.172. The summed E-state index contributed by atoms with van der Waals surface area (Å²) in [5.74, 6) is 1.56. The summed E-state index contributed by atoms with van der Waals surface area (Å²) in [5.41, 5.74) is 0.172. The van der Waals surface area contributed by atoms with E-state index in [2.05, 4.69) is 12.2 Å². The van der Waals surface area contributed by atoms with Gasteiger partial charge in [-0.25, -0.2) is 0 Å². The average Bonchev–Trinajstić information content (AvgIpc) is 2.84. The molecule has 2 unspecified atom stereocenters. The molecule has 1 saturated heterocycles. The third-order valence-corrected chi connectivity index (χ3v) is 4.99. The van der Waals surface area contributed by atoms with Crippen molar-refractivity contribution in [3.63, 3.8) is 0 Å². The Morgan fingerprint density at radius 3 is 2.90 bits per heavy atom. The Morgan fingerprint density at radius 2 is 2.30 bits per heavy atom. The predicted molar refractivity (Wildman–Crippen MR) is 80.0 cm³/mol. The molecule has 1 spiro atoms. The Labute approximate surface area is 126 Å². The Bertz CT molecular complexity index is 441. The summed E-state index contributed by atoms with van der Waals surface area (Å²) < 4.78 is 11.7. The summed E-state index contributed by atoms with van der Waals surface area (Å²) in [7, 11) is 0. The molecule has 3 rings (SSSR count). The third-order valence-electron chi connectivity index (χ3n) is 4.78. The van der Waals surface area contributed by atoms with E-state index in [0.717, 1.165) is 38.2 Å². The number of rotatable bonds is 5. The van der Waals surface area contributed by atoms with E-state index in [9.17, 15) is 0 Å². The topological polar surface area (TPSA) is 34.4 Å². The van der Waals surface area contributed by atoms with E-state index in [1.165, 1.54) is 19.3 Å². The number of hydrogen-bond donors (Lipinski definition) is 1. The first-order valence-corrected chi connectivity index (χ1v) is 8.23. The number of hydrogen-bond acceptors (Lipinski definition) is 3. The van der Waals surface area contributed by atoms with Crippen LogP contribution in [0.5, 0.6) is 0 Å². The van der Waals surface area contributed by atoms with Crippen LogP contribution in [0.15, 0.2) is 16.5 Å². The van der Waals surface area contributed by atoms with Crippen LogP contribution in [-0.4, -0.2) is 18.8 Å². The fourth-order valence-electron chi connectivity index (χ4n) is 3.56. The molecular formula is C16H24ClNO2. The molecule has 1 aromatic rings. The fourth-order valence-corrected chi connectivity index (χ4v) is 3.72. The van der Waals surface area contributed by atoms with Crippen molar-refractivity contribution in [1.29, 1.82) is 0 Å². The molecule has 2 heterocycles. The number of furan rings is 1. The molecule has 1 aliphatic heterocycles. The van der Waals surface area contributed by atoms with E-state index >= 15 is 0 Å². The normalized spacial score (nSPS) is 26.4. The van der Waals surface area contributed by atoms with E-state index in [-0.39, 0.29) is 11.6 Å². The Kier molecular flexibility index (Phi) is 4.39. The van der Waals surface area contributed by atoms with Gasteiger partial charge in [0.05, 0.1) is 11.6 Å². The quantitative estimate of drug-likeness (QED) is 0.879. The van der Waals surface area contributed by atoms with Crippen molar-refractivity contribution in [3.05, 3.63) is 23.1 Å². The van der Waals surface area contributed by atoms with E-state index in [1.807, 2.05) is 12.1 Å². The van der Waals surface area contributed by atoms with Crippen LogP contribution in [0.25, 0.3) is 0 Å². The maximum absolute atomic E-state index is 6.04. The third kappa shape index (κ3) is 2.90. The molecule has 1 aromatic heterocycles. The lowest BCUT2D eigenvalue weighted by Crippen LogP contribution is -2.48. The smallest absolute Gasteiger partial charge is 0.193 e. The maximum atomic E-state index is 6.04. The lowest BCUT2D eigenvalue weighted by molar-refractivity contribution is -0.148. The molecule has 2 fully saturated rings. The second kappa shape index (κ2) is 6.08. The van der Waals surface area contributed by atoms with Gasteiger partial charge >= 0.3 is 0 Å². The highest BCUT2D eigenvalue weighted by Gasteiger charge is 2.44. The maximum Gasteiger partial charge on any atom is 0.193 e. The number of ether oxygens (including phenoxy) is 1. The van der Waals surface area contributed by atoms with Crippen molar-refractivity contribution in [3.8, 4) is 0 Å². The minimum absolute atomic E-state index is 0.172. The molecule has 0 radical (unpaired) electrons. The largest absolute Gasteiger partial charge is 0.448 e. The molecule has 20 heavy (non-hydrogen) atoms. The average molecular weight is 298 g/mol. The summed E-state index contributed by atoms with van der Waals surface area (Å²) >= 11 is 5.95. The first kappa shape index (κ1) is 14.4. The van der Waals surface area contributed by atoms with Crippen LogP contribution in [0, 0.1) is 5.92 Å². The van der Waals surface area contributed by atoms with Crippen LogP contribution in [-0.2, 0) is 4.74 Å². The van der Waals surface area contributed by atoms with E-state index in [0.29, 0.717) is 11.1 Å². The zero-order valence-corrected chi connectivity index (χ0v) is 12.9. The molecule has 0 aromatic carbocycles. The first-order chi connectivity index (χ1) is 9.72. The van der Waals surface area contributed by atoms with Crippen molar-refractivity contribution in [1.82, 2.24) is 5.32 Å². The lowest BCUT2D eigenvalue weighted by Gasteiger charge is -2.48. The molecule has 1 saturated carbocycles. The van der Waals surface area contributed by atoms with Crippen LogP contribution in [0.1, 0.15) is 57.3 Å². The van der Waals surface area contributed by atoms with Gasteiger partial charge in [0.1, 0.15) is 5.76 Å². The first-order valence-electron chi connectivity index (χ1n) is 7.85. The van der Waals surface area contributed by atoms with Gasteiger partial charge in [0.25, 0.3) is 0 Å². The van der Waals surface area contributed by atoms with Gasteiger partial charge in [-0.3, -0.25) is 0 Å². The van der Waals surface area contributed by atoms with E-state index < -0.39 is 0 Å². The molecule has 3 nitrogen and oxygen atoms in total. The molecule has 0 bridgehead atoms. The Morgan fingerprint density at radius 1 is 1.45 bits per heavy atom. The second-order valence-electron chi connectivity index (χ2n) is 6.21. The van der Waals surface area contributed by atoms with Crippen LogP contribution < -0.4 is 5.32 Å². The molecule has 0 amide bonds. The molecule has 112 valence electrons. The van der Waals surface area contributed by atoms with Gasteiger partial charge in [0.2, 0.25) is 0 Å². The van der Waals surface area contributed by atoms with Gasteiger partial charge < -0.3 is 14.5 Å². The number of nitrogens with one attached hydrogen (secondary N) is 1. The van der Waals surface area contributed by atoms with Crippen molar-refractivity contribution >= 4 is 11.6 Å². The van der Waals surface area contributed by atoms with Gasteiger partial charge in [-0.15, -0.1) is 0 Å². The highest BCUT2D eigenvalue weighted by molar-refractivity contribution is 6.28. The van der Waals surface area contributed by atoms with Gasteiger partial charge in [-0.05, 0) is 74.7 Å². The second-order valence-corrected chi connectivity index (χ2v) is 6.58. The number of halogens is 1. The lowest BCUT2D eigenvalue weighted by atomic mass is 9.70. The molecule has 1 N–H and O–H groups in total. The molecule has 4 heteroatoms. The monoisotopic (exact) mass is 297 g/mol. The molecule has 1 aliphatic carbocycles. The summed E-state index contributed by atoms with van der Waals surface area (Å²) in [5, 5.41) is 4.13. The summed E-state index contributed by atoms with van der Waals surface area (Å²) in [6, 6.07) is 4.12. The summed E-state index contributed by atoms with van der Waals surface area (Å²) in [6.07, 6.45) is 7.13. The highest BCUT2D eigenvalue weighted by Crippen LogP contribution is 2.47. The van der Waals surface area contributed by atoms with Crippen LogP contribution >= 0.6 is 11.6 Å². The molecular weight excluding hydrogens is 274 g/mol. The molecule has 2 atom stereocenters. The SMILES string of the molecule is CCCNC(c1ccc(Cl)o1)C1CCOC2(CCC2)C1. The van der Waals surface area contributed by atoms with E-state index in [4.69, 9.17) is 20.8 Å². The zero-order valence-electron chi connectivity index (χ0n) is 12.2. The standard InChI is InChI=1S/C16H24ClNO2/c1-2-9-18-15(13-4-5-14(17)20-13)12-6-10-19-16(11-12)7-3-8-16/h4-5,12,15,18H,2-3,6-11H2,1H3. The van der Waals surface area contributed by atoms with Crippen molar-refractivity contribution < 1.29 is 9.15 Å². The Hall–Kier alpha value is -0.510. The predicted octanol–water partition coefficient (Wildman–Crippen LogP) is 4.32. The van der Waals surface area contributed by atoms with Crippen LogP contribution in [0.4, 0.5) is 0 Å². The van der Waals surface area contributed by atoms with Crippen LogP contribution in [0.3, 0.4) is 0 Å². The summed E-state index contributed by atoms with van der Waals surface area (Å²) in [4.78, 5) is 0. The highest BCUT2D eigenvalue weighted by atomic mass is 35.5. The fraction of sp³-hybridized carbons (Fsp3) is 0.750. The van der Waals surface area contributed by atoms with Gasteiger partial charge in [0, 0.05) is 6.61 Å². The van der Waals surface area contributed by atoms with E-state index in [1.54, 1.807) is 0 Å². The zero-order chi connectivity index (χ0) is 14.0. The van der Waals surface area contributed by atoms with Crippen molar-refractivity contribution in [2.75, 3.05) is 13.2 Å².